The zero-order valence-corrected chi connectivity index (χ0v) is 22.7. The molecule has 1 heterocycles. The minimum Gasteiger partial charge on any atom is -0.508 e. The summed E-state index contributed by atoms with van der Waals surface area (Å²) in [5, 5.41) is 13.0. The molecule has 1 aromatic heterocycles. The molecule has 1 fully saturated rings. The Morgan fingerprint density at radius 1 is 1.05 bits per heavy atom. The average Bonchev–Trinajstić information content (AvgIpc) is 3.25. The van der Waals surface area contributed by atoms with E-state index in [0.29, 0.717) is 22.7 Å². The molecule has 11 heteroatoms. The van der Waals surface area contributed by atoms with Crippen LogP contribution in [0.25, 0.3) is 0 Å². The van der Waals surface area contributed by atoms with Gasteiger partial charge in [0, 0.05) is 24.2 Å². The largest absolute Gasteiger partial charge is 0.508 e. The Morgan fingerprint density at radius 3 is 2.22 bits per heavy atom. The molecule has 3 aromatic rings. The van der Waals surface area contributed by atoms with E-state index in [2.05, 4.69) is 9.69 Å². The molecule has 196 valence electrons. The number of carbonyl (C=O) groups excluding carboxylic acids is 2. The molecule has 4 rings (SSSR count). The van der Waals surface area contributed by atoms with E-state index in [9.17, 15) is 14.7 Å². The molecule has 0 aliphatic heterocycles. The van der Waals surface area contributed by atoms with Gasteiger partial charge in [0.2, 0.25) is 5.91 Å². The predicted octanol–water partition coefficient (Wildman–Crippen LogP) is 6.01. The van der Waals surface area contributed by atoms with Gasteiger partial charge < -0.3 is 19.9 Å². The van der Waals surface area contributed by atoms with Gasteiger partial charge in [0.05, 0.1) is 19.9 Å². The first-order valence-corrected chi connectivity index (χ1v) is 13.3. The van der Waals surface area contributed by atoms with E-state index < -0.39 is 11.9 Å². The van der Waals surface area contributed by atoms with Crippen LogP contribution in [0.4, 0.5) is 5.69 Å². The lowest BCUT2D eigenvalue weighted by Crippen LogP contribution is -2.47. The van der Waals surface area contributed by atoms with Gasteiger partial charge in [-0.05, 0) is 42.1 Å². The van der Waals surface area contributed by atoms with Crippen LogP contribution in [0.15, 0.2) is 42.5 Å². The Morgan fingerprint density at radius 2 is 1.68 bits per heavy atom. The lowest BCUT2D eigenvalue weighted by Gasteiger charge is -2.33. The second kappa shape index (κ2) is 12.0. The molecule has 8 nitrogen and oxygen atoms in total. The third-order valence-electron chi connectivity index (χ3n) is 6.30. The molecule has 2 aromatic carbocycles. The monoisotopic (exact) mass is 563 g/mol. The maximum Gasteiger partial charge on any atom is 0.280 e. The van der Waals surface area contributed by atoms with Crippen molar-refractivity contribution in [2.75, 3.05) is 19.1 Å². The molecule has 0 radical (unpaired) electrons. The Labute approximate surface area is 229 Å². The van der Waals surface area contributed by atoms with Gasteiger partial charge in [-0.2, -0.15) is 4.37 Å². The number of aromatic nitrogens is 1. The lowest BCUT2D eigenvalue weighted by atomic mass is 9.94. The number of hydrogen-bond acceptors (Lipinski definition) is 7. The summed E-state index contributed by atoms with van der Waals surface area (Å²) in [5.74, 6) is -0.116. The SMILES string of the molecule is COc1cc(OC)cc(N(C(=O)c2nsc(Cl)c2Cl)[C@@H](C(=O)NC2CCCCC2)c2ccc(O)cc2)c1. The van der Waals surface area contributed by atoms with Gasteiger partial charge in [-0.25, -0.2) is 0 Å². The molecule has 0 saturated heterocycles. The van der Waals surface area contributed by atoms with Crippen molar-refractivity contribution in [3.05, 3.63) is 63.1 Å². The van der Waals surface area contributed by atoms with E-state index in [1.807, 2.05) is 0 Å². The molecule has 0 spiro atoms. The smallest absolute Gasteiger partial charge is 0.280 e. The molecule has 1 aliphatic rings. The quantitative estimate of drug-likeness (QED) is 0.348. The van der Waals surface area contributed by atoms with Crippen molar-refractivity contribution < 1.29 is 24.2 Å². The van der Waals surface area contributed by atoms with Crippen LogP contribution in [0.5, 0.6) is 17.2 Å². The first kappa shape index (κ1) is 27.0. The zero-order valence-electron chi connectivity index (χ0n) is 20.4. The fraction of sp³-hybridized carbons (Fsp3) is 0.346. The standard InChI is InChI=1S/C26H27Cl2N3O5S/c1-35-19-12-17(13-20(14-19)36-2)31(26(34)22-21(27)24(28)37-30-22)23(15-8-10-18(32)11-9-15)25(33)29-16-6-4-3-5-7-16/h8-14,16,23,32H,3-7H2,1-2H3,(H,29,33)/t23-/m1/s1. The third kappa shape index (κ3) is 6.11. The fourth-order valence-corrected chi connectivity index (χ4v) is 5.41. The number of hydrogen-bond donors (Lipinski definition) is 2. The number of methoxy groups -OCH3 is 2. The van der Waals surface area contributed by atoms with Crippen molar-refractivity contribution in [1.82, 2.24) is 9.69 Å². The maximum atomic E-state index is 14.1. The van der Waals surface area contributed by atoms with E-state index in [1.165, 1.54) is 31.3 Å². The molecule has 1 atom stereocenters. The second-order valence-corrected chi connectivity index (χ2v) is 10.5. The van der Waals surface area contributed by atoms with Crippen molar-refractivity contribution in [3.63, 3.8) is 0 Å². The normalized spacial score (nSPS) is 14.6. The molecule has 0 unspecified atom stereocenters. The Hall–Kier alpha value is -3.01. The Balaban J connectivity index is 1.88. The summed E-state index contributed by atoms with van der Waals surface area (Å²) in [7, 11) is 2.99. The van der Waals surface area contributed by atoms with Crippen molar-refractivity contribution in [2.24, 2.45) is 0 Å². The zero-order chi connectivity index (χ0) is 26.5. The number of rotatable bonds is 8. The molecular weight excluding hydrogens is 537 g/mol. The van der Waals surface area contributed by atoms with Crippen LogP contribution in [0.1, 0.15) is 54.2 Å². The summed E-state index contributed by atoms with van der Waals surface area (Å²) in [6.07, 6.45) is 4.91. The number of nitrogens with one attached hydrogen (secondary N) is 1. The van der Waals surface area contributed by atoms with E-state index in [0.717, 1.165) is 43.6 Å². The number of nitrogens with zero attached hydrogens (tertiary/aromatic N) is 2. The van der Waals surface area contributed by atoms with Gasteiger partial charge in [-0.3, -0.25) is 14.5 Å². The Bertz CT molecular complexity index is 1240. The highest BCUT2D eigenvalue weighted by Gasteiger charge is 2.37. The molecule has 1 aliphatic carbocycles. The maximum absolute atomic E-state index is 14.1. The summed E-state index contributed by atoms with van der Waals surface area (Å²) in [6.45, 7) is 0. The van der Waals surface area contributed by atoms with Crippen LogP contribution < -0.4 is 19.7 Å². The van der Waals surface area contributed by atoms with Crippen LogP contribution in [0.3, 0.4) is 0 Å². The van der Waals surface area contributed by atoms with Crippen LogP contribution in [0, 0.1) is 0 Å². The van der Waals surface area contributed by atoms with Gasteiger partial charge in [-0.1, -0.05) is 54.6 Å². The van der Waals surface area contributed by atoms with Crippen molar-refractivity contribution in [1.29, 1.82) is 0 Å². The number of benzene rings is 2. The van der Waals surface area contributed by atoms with E-state index in [-0.39, 0.29) is 32.8 Å². The van der Waals surface area contributed by atoms with Gasteiger partial charge in [-0.15, -0.1) is 0 Å². The summed E-state index contributed by atoms with van der Waals surface area (Å²) >= 11 is 13.4. The highest BCUT2D eigenvalue weighted by molar-refractivity contribution is 7.11. The molecular formula is C26H27Cl2N3O5S. The number of phenols is 1. The van der Waals surface area contributed by atoms with E-state index in [1.54, 1.807) is 30.3 Å². The number of halogens is 2. The lowest BCUT2D eigenvalue weighted by molar-refractivity contribution is -0.123. The number of aromatic hydroxyl groups is 1. The number of phenolic OH excluding ortho intramolecular Hbond substituents is 1. The van der Waals surface area contributed by atoms with Crippen molar-refractivity contribution in [2.45, 2.75) is 44.2 Å². The minimum atomic E-state index is -1.12. The molecule has 0 bridgehead atoms. The first-order chi connectivity index (χ1) is 17.8. The van der Waals surface area contributed by atoms with Crippen LogP contribution >= 0.6 is 34.7 Å². The number of amides is 2. The molecule has 1 saturated carbocycles. The van der Waals surface area contributed by atoms with E-state index >= 15 is 0 Å². The highest BCUT2D eigenvalue weighted by Crippen LogP contribution is 2.38. The molecule has 2 amide bonds. The van der Waals surface area contributed by atoms with Crippen LogP contribution in [-0.2, 0) is 4.79 Å². The minimum absolute atomic E-state index is 0.00466. The van der Waals surface area contributed by atoms with Crippen LogP contribution in [0.2, 0.25) is 9.36 Å². The van der Waals surface area contributed by atoms with Crippen LogP contribution in [-0.4, -0.2) is 41.6 Å². The number of anilines is 1. The third-order valence-corrected chi connectivity index (χ3v) is 7.91. The van der Waals surface area contributed by atoms with Gasteiger partial charge in [0.25, 0.3) is 5.91 Å². The topological polar surface area (TPSA) is 101 Å². The number of ether oxygens (including phenoxy) is 2. The van der Waals surface area contributed by atoms with Gasteiger partial charge in [0.15, 0.2) is 5.69 Å². The van der Waals surface area contributed by atoms with Crippen molar-refractivity contribution in [3.8, 4) is 17.2 Å². The highest BCUT2D eigenvalue weighted by atomic mass is 35.5. The molecule has 2 N–H and O–H groups in total. The summed E-state index contributed by atoms with van der Waals surface area (Å²) in [5.41, 5.74) is 0.740. The van der Waals surface area contributed by atoms with E-state index in [4.69, 9.17) is 32.7 Å². The van der Waals surface area contributed by atoms with Gasteiger partial charge >= 0.3 is 0 Å². The predicted molar refractivity (Wildman–Crippen MR) is 144 cm³/mol. The van der Waals surface area contributed by atoms with Crippen molar-refractivity contribution >= 4 is 52.2 Å². The second-order valence-electron chi connectivity index (χ2n) is 8.70. The fourth-order valence-electron chi connectivity index (χ4n) is 4.42. The summed E-state index contributed by atoms with van der Waals surface area (Å²) in [6, 6.07) is 9.94. The molecule has 37 heavy (non-hydrogen) atoms. The van der Waals surface area contributed by atoms with Gasteiger partial charge in [0.1, 0.15) is 32.6 Å². The summed E-state index contributed by atoms with van der Waals surface area (Å²) in [4.78, 5) is 29.3. The summed E-state index contributed by atoms with van der Waals surface area (Å²) < 4.78 is 15.2. The average molecular weight is 564 g/mol. The Kier molecular flexibility index (Phi) is 8.79. The number of carbonyl (C=O) groups is 2. The first-order valence-electron chi connectivity index (χ1n) is 11.8.